The van der Waals surface area contributed by atoms with Crippen LogP contribution in [0.4, 0.5) is 0 Å². The SMILES string of the molecule is CC(C)n1nnnc1-c1cccc(C(=O)NCc2cccc(Cl)c2)c1. The van der Waals surface area contributed by atoms with E-state index in [0.29, 0.717) is 23.0 Å². The zero-order valence-corrected chi connectivity index (χ0v) is 14.7. The maximum atomic E-state index is 12.4. The molecule has 0 saturated heterocycles. The van der Waals surface area contributed by atoms with Crippen LogP contribution in [0.2, 0.25) is 5.02 Å². The maximum Gasteiger partial charge on any atom is 0.251 e. The molecule has 0 aliphatic heterocycles. The van der Waals surface area contributed by atoms with E-state index in [2.05, 4.69) is 20.8 Å². The van der Waals surface area contributed by atoms with Crippen molar-refractivity contribution in [3.63, 3.8) is 0 Å². The lowest BCUT2D eigenvalue weighted by Crippen LogP contribution is -2.22. The van der Waals surface area contributed by atoms with Crippen molar-refractivity contribution in [1.82, 2.24) is 25.5 Å². The van der Waals surface area contributed by atoms with E-state index in [1.54, 1.807) is 22.9 Å². The van der Waals surface area contributed by atoms with E-state index < -0.39 is 0 Å². The van der Waals surface area contributed by atoms with Gasteiger partial charge in [-0.2, -0.15) is 0 Å². The van der Waals surface area contributed by atoms with Crippen LogP contribution in [0, 0.1) is 0 Å². The van der Waals surface area contributed by atoms with E-state index in [1.807, 2.05) is 44.2 Å². The Morgan fingerprint density at radius 2 is 2.00 bits per heavy atom. The van der Waals surface area contributed by atoms with Gasteiger partial charge >= 0.3 is 0 Å². The van der Waals surface area contributed by atoms with Crippen LogP contribution in [0.15, 0.2) is 48.5 Å². The first-order valence-electron chi connectivity index (χ1n) is 7.95. The second kappa shape index (κ2) is 7.44. The Kier molecular flexibility index (Phi) is 5.09. The molecule has 1 aromatic heterocycles. The smallest absolute Gasteiger partial charge is 0.251 e. The number of carbonyl (C=O) groups is 1. The van der Waals surface area contributed by atoms with Crippen LogP contribution >= 0.6 is 11.6 Å². The van der Waals surface area contributed by atoms with Gasteiger partial charge in [0.05, 0.1) is 6.04 Å². The van der Waals surface area contributed by atoms with Crippen molar-refractivity contribution in [1.29, 1.82) is 0 Å². The van der Waals surface area contributed by atoms with Crippen LogP contribution in [-0.4, -0.2) is 26.1 Å². The molecule has 6 nitrogen and oxygen atoms in total. The van der Waals surface area contributed by atoms with E-state index in [1.165, 1.54) is 0 Å². The topological polar surface area (TPSA) is 72.7 Å². The van der Waals surface area contributed by atoms with E-state index in [0.717, 1.165) is 11.1 Å². The van der Waals surface area contributed by atoms with Gasteiger partial charge in [0.25, 0.3) is 5.91 Å². The van der Waals surface area contributed by atoms with Gasteiger partial charge in [0.15, 0.2) is 5.82 Å². The van der Waals surface area contributed by atoms with E-state index in [9.17, 15) is 4.79 Å². The molecule has 128 valence electrons. The molecule has 3 aromatic rings. The molecule has 0 saturated carbocycles. The summed E-state index contributed by atoms with van der Waals surface area (Å²) in [6.07, 6.45) is 0. The zero-order chi connectivity index (χ0) is 17.8. The molecule has 0 radical (unpaired) electrons. The first-order valence-corrected chi connectivity index (χ1v) is 8.33. The molecule has 0 spiro atoms. The third-order valence-electron chi connectivity index (χ3n) is 3.71. The number of hydrogen-bond donors (Lipinski definition) is 1. The molecule has 25 heavy (non-hydrogen) atoms. The number of carbonyl (C=O) groups excluding carboxylic acids is 1. The molecular formula is C18H18ClN5O. The summed E-state index contributed by atoms with van der Waals surface area (Å²) in [5.74, 6) is 0.477. The van der Waals surface area contributed by atoms with Crippen molar-refractivity contribution < 1.29 is 4.79 Å². The minimum atomic E-state index is -0.162. The average molecular weight is 356 g/mol. The molecule has 1 amide bonds. The Bertz CT molecular complexity index is 890. The Morgan fingerprint density at radius 3 is 2.76 bits per heavy atom. The van der Waals surface area contributed by atoms with Crippen LogP contribution in [0.3, 0.4) is 0 Å². The lowest BCUT2D eigenvalue weighted by atomic mass is 10.1. The summed E-state index contributed by atoms with van der Waals surface area (Å²) in [5, 5.41) is 15.3. The van der Waals surface area contributed by atoms with Crippen molar-refractivity contribution in [2.75, 3.05) is 0 Å². The fraction of sp³-hybridized carbons (Fsp3) is 0.222. The molecule has 0 atom stereocenters. The largest absolute Gasteiger partial charge is 0.348 e. The van der Waals surface area contributed by atoms with Gasteiger partial charge in [0.1, 0.15) is 0 Å². The highest BCUT2D eigenvalue weighted by Crippen LogP contribution is 2.20. The summed E-state index contributed by atoms with van der Waals surface area (Å²) in [6, 6.07) is 14.8. The first kappa shape index (κ1) is 17.1. The summed E-state index contributed by atoms with van der Waals surface area (Å²) in [4.78, 5) is 12.4. The Morgan fingerprint density at radius 1 is 1.20 bits per heavy atom. The Balaban J connectivity index is 1.77. The quantitative estimate of drug-likeness (QED) is 0.760. The van der Waals surface area contributed by atoms with Crippen LogP contribution in [0.1, 0.15) is 35.8 Å². The number of rotatable bonds is 5. The Labute approximate surface area is 150 Å². The summed E-state index contributed by atoms with van der Waals surface area (Å²) >= 11 is 5.96. The van der Waals surface area contributed by atoms with Crippen LogP contribution in [-0.2, 0) is 6.54 Å². The first-order chi connectivity index (χ1) is 12.0. The number of hydrogen-bond acceptors (Lipinski definition) is 4. The summed E-state index contributed by atoms with van der Waals surface area (Å²) in [6.45, 7) is 4.41. The highest BCUT2D eigenvalue weighted by Gasteiger charge is 2.13. The number of benzene rings is 2. The number of aromatic nitrogens is 4. The monoisotopic (exact) mass is 355 g/mol. The van der Waals surface area contributed by atoms with Gasteiger partial charge in [-0.25, -0.2) is 4.68 Å². The lowest BCUT2D eigenvalue weighted by molar-refractivity contribution is 0.0951. The third-order valence-corrected chi connectivity index (χ3v) is 3.94. The minimum Gasteiger partial charge on any atom is -0.348 e. The van der Waals surface area contributed by atoms with Gasteiger partial charge in [-0.1, -0.05) is 35.9 Å². The van der Waals surface area contributed by atoms with Crippen LogP contribution < -0.4 is 5.32 Å². The molecule has 0 aliphatic carbocycles. The van der Waals surface area contributed by atoms with Crippen molar-refractivity contribution in [3.8, 4) is 11.4 Å². The number of tetrazole rings is 1. The third kappa shape index (κ3) is 4.03. The van der Waals surface area contributed by atoms with Crippen molar-refractivity contribution in [3.05, 3.63) is 64.7 Å². The molecular weight excluding hydrogens is 338 g/mol. The summed E-state index contributed by atoms with van der Waals surface area (Å²) < 4.78 is 1.73. The van der Waals surface area contributed by atoms with Gasteiger partial charge in [-0.05, 0) is 54.1 Å². The van der Waals surface area contributed by atoms with Crippen molar-refractivity contribution in [2.45, 2.75) is 26.4 Å². The van der Waals surface area contributed by atoms with E-state index in [4.69, 9.17) is 11.6 Å². The molecule has 1 heterocycles. The molecule has 1 N–H and O–H groups in total. The van der Waals surface area contributed by atoms with Crippen LogP contribution in [0.5, 0.6) is 0 Å². The predicted octanol–water partition coefficient (Wildman–Crippen LogP) is 3.50. The summed E-state index contributed by atoms with van der Waals surface area (Å²) in [5.41, 5.74) is 2.30. The highest BCUT2D eigenvalue weighted by molar-refractivity contribution is 6.30. The number of amides is 1. The lowest BCUT2D eigenvalue weighted by Gasteiger charge is -2.09. The van der Waals surface area contributed by atoms with Gasteiger partial charge in [-0.3, -0.25) is 4.79 Å². The van der Waals surface area contributed by atoms with Crippen molar-refractivity contribution in [2.24, 2.45) is 0 Å². The standard InChI is InChI=1S/C18H18ClN5O/c1-12(2)24-17(21-22-23-24)14-6-4-7-15(10-14)18(25)20-11-13-5-3-8-16(19)9-13/h3-10,12H,11H2,1-2H3,(H,20,25). The fourth-order valence-electron chi connectivity index (χ4n) is 2.46. The number of halogens is 1. The van der Waals surface area contributed by atoms with Gasteiger partial charge in [0, 0.05) is 22.7 Å². The van der Waals surface area contributed by atoms with Gasteiger partial charge in [0.2, 0.25) is 0 Å². The zero-order valence-electron chi connectivity index (χ0n) is 14.0. The second-order valence-corrected chi connectivity index (χ2v) is 6.37. The number of nitrogens with zero attached hydrogens (tertiary/aromatic N) is 4. The normalized spacial score (nSPS) is 10.9. The van der Waals surface area contributed by atoms with Crippen LogP contribution in [0.25, 0.3) is 11.4 Å². The summed E-state index contributed by atoms with van der Waals surface area (Å²) in [7, 11) is 0. The minimum absolute atomic E-state index is 0.130. The average Bonchev–Trinajstić information content (AvgIpc) is 3.10. The van der Waals surface area contributed by atoms with E-state index in [-0.39, 0.29) is 11.9 Å². The molecule has 0 bridgehead atoms. The molecule has 7 heteroatoms. The Hall–Kier alpha value is -2.73. The number of nitrogens with one attached hydrogen (secondary N) is 1. The van der Waals surface area contributed by atoms with Gasteiger partial charge < -0.3 is 5.32 Å². The molecule has 3 rings (SSSR count). The fourth-order valence-corrected chi connectivity index (χ4v) is 2.68. The van der Waals surface area contributed by atoms with E-state index >= 15 is 0 Å². The molecule has 0 aliphatic rings. The molecule has 0 unspecified atom stereocenters. The maximum absolute atomic E-state index is 12.4. The molecule has 2 aromatic carbocycles. The van der Waals surface area contributed by atoms with Gasteiger partial charge in [-0.15, -0.1) is 5.10 Å². The second-order valence-electron chi connectivity index (χ2n) is 5.93. The van der Waals surface area contributed by atoms with Crippen molar-refractivity contribution >= 4 is 17.5 Å². The highest BCUT2D eigenvalue weighted by atomic mass is 35.5. The molecule has 0 fully saturated rings. The predicted molar refractivity (Wildman–Crippen MR) is 96.3 cm³/mol.